The third kappa shape index (κ3) is 3.57. The summed E-state index contributed by atoms with van der Waals surface area (Å²) in [7, 11) is 1.58. The van der Waals surface area contributed by atoms with Crippen LogP contribution >= 0.6 is 11.6 Å². The normalized spacial score (nSPS) is 20.7. The lowest BCUT2D eigenvalue weighted by atomic mass is 10.1. The highest BCUT2D eigenvalue weighted by Gasteiger charge is 2.43. The minimum absolute atomic E-state index is 0.147. The van der Waals surface area contributed by atoms with Gasteiger partial charge in [-0.1, -0.05) is 17.7 Å². The maximum atomic E-state index is 13.0. The van der Waals surface area contributed by atoms with Crippen molar-refractivity contribution >= 4 is 34.8 Å². The van der Waals surface area contributed by atoms with Crippen molar-refractivity contribution in [1.82, 2.24) is 4.90 Å². The average Bonchev–Trinajstić information content (AvgIpc) is 3.02. The fourth-order valence-electron chi connectivity index (χ4n) is 3.87. The SMILES string of the molecule is COc1ccc(N2C(=O)C[C@H](N3CCN(c4cccc(Cl)c4)CC3)C2=O)cc1. The van der Waals surface area contributed by atoms with Crippen LogP contribution in [-0.2, 0) is 9.59 Å². The Bertz CT molecular complexity index is 879. The number of hydrogen-bond donors (Lipinski definition) is 0. The molecule has 2 fully saturated rings. The molecule has 2 aliphatic heterocycles. The molecule has 4 rings (SSSR count). The van der Waals surface area contributed by atoms with Crippen molar-refractivity contribution in [2.24, 2.45) is 0 Å². The third-order valence-corrected chi connectivity index (χ3v) is 5.62. The summed E-state index contributed by atoms with van der Waals surface area (Å²) in [4.78, 5) is 31.2. The van der Waals surface area contributed by atoms with E-state index in [1.165, 1.54) is 4.90 Å². The topological polar surface area (TPSA) is 53.1 Å². The van der Waals surface area contributed by atoms with E-state index in [0.29, 0.717) is 16.5 Å². The first-order valence-corrected chi connectivity index (χ1v) is 9.70. The second-order valence-electron chi connectivity index (χ2n) is 6.99. The summed E-state index contributed by atoms with van der Waals surface area (Å²) in [5.41, 5.74) is 1.68. The highest BCUT2D eigenvalue weighted by molar-refractivity contribution is 6.30. The van der Waals surface area contributed by atoms with Gasteiger partial charge in [0, 0.05) is 36.9 Å². The van der Waals surface area contributed by atoms with Crippen LogP contribution in [0, 0.1) is 0 Å². The van der Waals surface area contributed by atoms with Crippen molar-refractivity contribution in [3.05, 3.63) is 53.6 Å². The molecular formula is C21H22ClN3O3. The van der Waals surface area contributed by atoms with Crippen LogP contribution in [0.4, 0.5) is 11.4 Å². The van der Waals surface area contributed by atoms with E-state index in [-0.39, 0.29) is 18.2 Å². The molecule has 2 saturated heterocycles. The lowest BCUT2D eigenvalue weighted by Gasteiger charge is -2.38. The van der Waals surface area contributed by atoms with Crippen LogP contribution < -0.4 is 14.5 Å². The number of amides is 2. The molecule has 1 atom stereocenters. The van der Waals surface area contributed by atoms with E-state index in [4.69, 9.17) is 16.3 Å². The molecule has 146 valence electrons. The number of ether oxygens (including phenoxy) is 1. The molecule has 0 N–H and O–H groups in total. The Balaban J connectivity index is 1.43. The molecule has 28 heavy (non-hydrogen) atoms. The van der Waals surface area contributed by atoms with Crippen molar-refractivity contribution in [2.75, 3.05) is 43.1 Å². The van der Waals surface area contributed by atoms with Gasteiger partial charge < -0.3 is 9.64 Å². The molecule has 0 spiro atoms. The molecule has 0 unspecified atom stereocenters. The van der Waals surface area contributed by atoms with Crippen LogP contribution in [0.15, 0.2) is 48.5 Å². The molecule has 0 aromatic heterocycles. The van der Waals surface area contributed by atoms with Gasteiger partial charge in [0.25, 0.3) is 5.91 Å². The highest BCUT2D eigenvalue weighted by Crippen LogP contribution is 2.28. The summed E-state index contributed by atoms with van der Waals surface area (Å²) in [6.07, 6.45) is 0.224. The molecule has 0 radical (unpaired) electrons. The summed E-state index contributed by atoms with van der Waals surface area (Å²) >= 11 is 6.09. The monoisotopic (exact) mass is 399 g/mol. The van der Waals surface area contributed by atoms with Crippen molar-refractivity contribution in [3.63, 3.8) is 0 Å². The smallest absolute Gasteiger partial charge is 0.251 e. The predicted molar refractivity (Wildman–Crippen MR) is 109 cm³/mol. The number of halogens is 1. The van der Waals surface area contributed by atoms with Gasteiger partial charge in [-0.15, -0.1) is 0 Å². The van der Waals surface area contributed by atoms with Gasteiger partial charge >= 0.3 is 0 Å². The van der Waals surface area contributed by atoms with E-state index in [2.05, 4.69) is 9.80 Å². The molecule has 7 heteroatoms. The molecule has 2 aliphatic rings. The van der Waals surface area contributed by atoms with Crippen LogP contribution in [-0.4, -0.2) is 56.0 Å². The van der Waals surface area contributed by atoms with Gasteiger partial charge in [0.1, 0.15) is 5.75 Å². The zero-order valence-electron chi connectivity index (χ0n) is 15.7. The number of hydrogen-bond acceptors (Lipinski definition) is 5. The Morgan fingerprint density at radius 2 is 1.68 bits per heavy atom. The van der Waals surface area contributed by atoms with Gasteiger partial charge in [0.2, 0.25) is 5.91 Å². The van der Waals surface area contributed by atoms with Crippen molar-refractivity contribution < 1.29 is 14.3 Å². The largest absolute Gasteiger partial charge is 0.497 e. The minimum atomic E-state index is -0.392. The Labute approximate surface area is 169 Å². The number of carbonyl (C=O) groups excluding carboxylic acids is 2. The molecule has 6 nitrogen and oxygen atoms in total. The minimum Gasteiger partial charge on any atom is -0.497 e. The van der Waals surface area contributed by atoms with Crippen LogP contribution in [0.25, 0.3) is 0 Å². The Kier molecular flexibility index (Phi) is 5.24. The fraction of sp³-hybridized carbons (Fsp3) is 0.333. The van der Waals surface area contributed by atoms with E-state index in [1.54, 1.807) is 31.4 Å². The summed E-state index contributed by atoms with van der Waals surface area (Å²) in [6, 6.07) is 14.4. The quantitative estimate of drug-likeness (QED) is 0.740. The average molecular weight is 400 g/mol. The Hall–Kier alpha value is -2.57. The molecular weight excluding hydrogens is 378 g/mol. The molecule has 2 aromatic rings. The Morgan fingerprint density at radius 1 is 0.964 bits per heavy atom. The van der Waals surface area contributed by atoms with Crippen LogP contribution in [0.3, 0.4) is 0 Å². The van der Waals surface area contributed by atoms with Crippen LogP contribution in [0.5, 0.6) is 5.75 Å². The Morgan fingerprint density at radius 3 is 2.32 bits per heavy atom. The number of piperazine rings is 1. The first kappa shape index (κ1) is 18.8. The van der Waals surface area contributed by atoms with E-state index >= 15 is 0 Å². The van der Waals surface area contributed by atoms with Crippen LogP contribution in [0.1, 0.15) is 6.42 Å². The van der Waals surface area contributed by atoms with Gasteiger partial charge in [0.05, 0.1) is 25.3 Å². The number of imide groups is 1. The fourth-order valence-corrected chi connectivity index (χ4v) is 4.05. The molecule has 2 aromatic carbocycles. The molecule has 0 aliphatic carbocycles. The second kappa shape index (κ2) is 7.81. The molecule has 2 amide bonds. The first-order valence-electron chi connectivity index (χ1n) is 9.32. The number of benzene rings is 2. The van der Waals surface area contributed by atoms with E-state index in [0.717, 1.165) is 31.9 Å². The zero-order chi connectivity index (χ0) is 19.7. The van der Waals surface area contributed by atoms with E-state index < -0.39 is 6.04 Å². The maximum Gasteiger partial charge on any atom is 0.251 e. The lowest BCUT2D eigenvalue weighted by molar-refractivity contribution is -0.123. The molecule has 2 heterocycles. The summed E-state index contributed by atoms with van der Waals surface area (Å²) in [5.74, 6) is 0.389. The number of methoxy groups -OCH3 is 1. The summed E-state index contributed by atoms with van der Waals surface area (Å²) in [5, 5.41) is 0.714. The van der Waals surface area contributed by atoms with Gasteiger partial charge in [-0.25, -0.2) is 4.90 Å². The van der Waals surface area contributed by atoms with Crippen molar-refractivity contribution in [3.8, 4) is 5.75 Å². The van der Waals surface area contributed by atoms with E-state index in [9.17, 15) is 9.59 Å². The first-order chi connectivity index (χ1) is 13.6. The van der Waals surface area contributed by atoms with Gasteiger partial charge in [-0.3, -0.25) is 14.5 Å². The number of anilines is 2. The highest BCUT2D eigenvalue weighted by atomic mass is 35.5. The summed E-state index contributed by atoms with van der Waals surface area (Å²) < 4.78 is 5.15. The second-order valence-corrected chi connectivity index (χ2v) is 7.42. The number of rotatable bonds is 4. The van der Waals surface area contributed by atoms with Crippen molar-refractivity contribution in [2.45, 2.75) is 12.5 Å². The van der Waals surface area contributed by atoms with Crippen LogP contribution in [0.2, 0.25) is 5.02 Å². The zero-order valence-corrected chi connectivity index (χ0v) is 16.4. The summed E-state index contributed by atoms with van der Waals surface area (Å²) in [6.45, 7) is 3.04. The predicted octanol–water partition coefficient (Wildman–Crippen LogP) is 2.80. The van der Waals surface area contributed by atoms with Gasteiger partial charge in [-0.2, -0.15) is 0 Å². The van der Waals surface area contributed by atoms with Gasteiger partial charge in [-0.05, 0) is 42.5 Å². The van der Waals surface area contributed by atoms with E-state index in [1.807, 2.05) is 24.3 Å². The molecule has 0 saturated carbocycles. The van der Waals surface area contributed by atoms with Crippen molar-refractivity contribution in [1.29, 1.82) is 0 Å². The molecule has 0 bridgehead atoms. The number of carbonyl (C=O) groups is 2. The third-order valence-electron chi connectivity index (χ3n) is 5.38. The lowest BCUT2D eigenvalue weighted by Crippen LogP contribution is -2.52. The standard InChI is InChI=1S/C21H22ClN3O3/c1-28-18-7-5-16(6-8-18)25-20(26)14-19(21(25)27)24-11-9-23(10-12-24)17-4-2-3-15(22)13-17/h2-8,13,19H,9-12,14H2,1H3/t19-/m0/s1. The number of nitrogens with zero attached hydrogens (tertiary/aromatic N) is 3. The maximum absolute atomic E-state index is 13.0. The van der Waals surface area contributed by atoms with Gasteiger partial charge in [0.15, 0.2) is 0 Å².